The molecule has 4 rings (SSSR count). The fourth-order valence-electron chi connectivity index (χ4n) is 4.12. The summed E-state index contributed by atoms with van der Waals surface area (Å²) >= 11 is 1.84. The number of pyridine rings is 1. The highest BCUT2D eigenvalue weighted by atomic mass is 35.5. The van der Waals surface area contributed by atoms with E-state index in [1.165, 1.54) is 18.5 Å². The highest BCUT2D eigenvalue weighted by molar-refractivity contribution is 7.98. The zero-order chi connectivity index (χ0) is 18.8. The quantitative estimate of drug-likeness (QED) is 0.763. The summed E-state index contributed by atoms with van der Waals surface area (Å²) in [4.78, 5) is 17.9. The third kappa shape index (κ3) is 4.87. The van der Waals surface area contributed by atoms with Crippen LogP contribution in [0.25, 0.3) is 10.9 Å². The van der Waals surface area contributed by atoms with Crippen molar-refractivity contribution in [3.63, 3.8) is 0 Å². The lowest BCUT2D eigenvalue weighted by Crippen LogP contribution is -2.39. The Kier molecular flexibility index (Phi) is 7.35. The first-order valence-electron chi connectivity index (χ1n) is 10.2. The van der Waals surface area contributed by atoms with Crippen LogP contribution in [-0.2, 0) is 12.2 Å². The number of aromatic amines is 1. The fourth-order valence-corrected chi connectivity index (χ4v) is 5.13. The normalized spacial score (nSPS) is 18.1. The molecule has 0 atom stereocenters. The summed E-state index contributed by atoms with van der Waals surface area (Å²) in [7, 11) is 0. The number of aryl methyl sites for hydroxylation is 1. The molecule has 1 N–H and O–H groups in total. The number of thioether (sulfide) groups is 1. The van der Waals surface area contributed by atoms with Crippen LogP contribution in [0, 0.1) is 5.92 Å². The number of likely N-dealkylation sites (tertiary alicyclic amines) is 1. The molecule has 1 fully saturated rings. The predicted molar refractivity (Wildman–Crippen MR) is 121 cm³/mol. The first-order chi connectivity index (χ1) is 13.1. The van der Waals surface area contributed by atoms with Gasteiger partial charge in [0.15, 0.2) is 0 Å². The number of fused-ring (bicyclic) bond motifs is 3. The molecule has 2 aliphatic rings. The van der Waals surface area contributed by atoms with E-state index in [1.807, 2.05) is 23.9 Å². The molecule has 0 unspecified atom stereocenters. The van der Waals surface area contributed by atoms with Crippen LogP contribution in [0.4, 0.5) is 0 Å². The minimum atomic E-state index is 0. The summed E-state index contributed by atoms with van der Waals surface area (Å²) in [5, 5.41) is 1.16. The number of rotatable bonds is 5. The molecule has 3 heterocycles. The van der Waals surface area contributed by atoms with Crippen molar-refractivity contribution in [3.05, 3.63) is 39.7 Å². The molecule has 2 aromatic rings. The number of halogens is 1. The van der Waals surface area contributed by atoms with Crippen molar-refractivity contribution in [1.29, 1.82) is 0 Å². The van der Waals surface area contributed by atoms with Crippen molar-refractivity contribution in [1.82, 2.24) is 9.88 Å². The van der Waals surface area contributed by atoms with E-state index in [1.54, 1.807) is 0 Å². The Balaban J connectivity index is 0.00000225. The van der Waals surface area contributed by atoms with Gasteiger partial charge in [-0.05, 0) is 67.7 Å². The lowest BCUT2D eigenvalue weighted by atomic mass is 10.0. The number of nitrogens with one attached hydrogen (secondary N) is 1. The maximum Gasteiger partial charge on any atom is 0.252 e. The van der Waals surface area contributed by atoms with Gasteiger partial charge < -0.3 is 14.6 Å². The Bertz CT molecular complexity index is 859. The van der Waals surface area contributed by atoms with Crippen LogP contribution in [0.15, 0.2) is 23.0 Å². The minimum Gasteiger partial charge on any atom is -0.490 e. The van der Waals surface area contributed by atoms with E-state index in [0.717, 1.165) is 72.0 Å². The SMILES string of the molecule is CC(C)CCN1CCC(Oc2ccc3[nH]c(=O)c4c(c3c2)CCSC4)CC1.Cl. The molecule has 1 aromatic carbocycles. The monoisotopic (exact) mass is 422 g/mol. The van der Waals surface area contributed by atoms with Gasteiger partial charge in [0, 0.05) is 35.3 Å². The fraction of sp³-hybridized carbons (Fsp3) is 0.591. The summed E-state index contributed by atoms with van der Waals surface area (Å²) in [6, 6.07) is 6.16. The summed E-state index contributed by atoms with van der Waals surface area (Å²) < 4.78 is 6.33. The number of benzene rings is 1. The number of piperidine rings is 1. The van der Waals surface area contributed by atoms with Crippen molar-refractivity contribution in [2.24, 2.45) is 5.92 Å². The largest absolute Gasteiger partial charge is 0.490 e. The zero-order valence-electron chi connectivity index (χ0n) is 16.8. The van der Waals surface area contributed by atoms with Gasteiger partial charge in [-0.1, -0.05) is 13.8 Å². The second-order valence-electron chi connectivity index (χ2n) is 8.26. The van der Waals surface area contributed by atoms with Crippen LogP contribution in [0.2, 0.25) is 0 Å². The van der Waals surface area contributed by atoms with Crippen molar-refractivity contribution in [2.75, 3.05) is 25.4 Å². The average molecular weight is 423 g/mol. The lowest BCUT2D eigenvalue weighted by Gasteiger charge is -2.32. The predicted octanol–water partition coefficient (Wildman–Crippen LogP) is 4.63. The van der Waals surface area contributed by atoms with Crippen LogP contribution >= 0.6 is 24.2 Å². The molecule has 0 spiro atoms. The standard InChI is InChI=1S/C22H30N2O2S.ClH/c1-15(2)5-9-24-10-6-16(7-11-24)26-17-3-4-21-19(13-17)18-8-12-27-14-20(18)22(25)23-21;/h3-4,13,15-16H,5-12,14H2,1-2H3,(H,23,25);1H. The lowest BCUT2D eigenvalue weighted by molar-refractivity contribution is 0.0981. The van der Waals surface area contributed by atoms with Gasteiger partial charge in [-0.2, -0.15) is 11.8 Å². The van der Waals surface area contributed by atoms with Crippen LogP contribution in [0.3, 0.4) is 0 Å². The molecule has 0 bridgehead atoms. The van der Waals surface area contributed by atoms with E-state index >= 15 is 0 Å². The Hall–Kier alpha value is -1.17. The van der Waals surface area contributed by atoms with Crippen LogP contribution in [0.1, 0.15) is 44.2 Å². The molecule has 28 heavy (non-hydrogen) atoms. The van der Waals surface area contributed by atoms with Gasteiger partial charge in [0.05, 0.1) is 0 Å². The molecular formula is C22H31ClN2O2S. The summed E-state index contributed by atoms with van der Waals surface area (Å²) in [6.07, 6.45) is 4.73. The second kappa shape index (κ2) is 9.55. The molecule has 154 valence electrons. The molecule has 0 aliphatic carbocycles. The van der Waals surface area contributed by atoms with Gasteiger partial charge in [0.2, 0.25) is 0 Å². The number of nitrogens with zero attached hydrogens (tertiary/aromatic N) is 1. The van der Waals surface area contributed by atoms with Gasteiger partial charge in [0.1, 0.15) is 11.9 Å². The van der Waals surface area contributed by atoms with E-state index in [2.05, 4.69) is 29.8 Å². The van der Waals surface area contributed by atoms with Gasteiger partial charge in [-0.3, -0.25) is 4.79 Å². The maximum atomic E-state index is 12.3. The average Bonchev–Trinajstić information content (AvgIpc) is 2.68. The summed E-state index contributed by atoms with van der Waals surface area (Å²) in [5.74, 6) is 3.62. The van der Waals surface area contributed by atoms with Gasteiger partial charge >= 0.3 is 0 Å². The molecule has 0 amide bonds. The molecular weight excluding hydrogens is 392 g/mol. The zero-order valence-corrected chi connectivity index (χ0v) is 18.5. The van der Waals surface area contributed by atoms with E-state index in [0.29, 0.717) is 6.10 Å². The van der Waals surface area contributed by atoms with Crippen LogP contribution < -0.4 is 10.3 Å². The van der Waals surface area contributed by atoms with Gasteiger partial charge in [-0.15, -0.1) is 12.4 Å². The van der Waals surface area contributed by atoms with Crippen LogP contribution in [-0.4, -0.2) is 41.4 Å². The topological polar surface area (TPSA) is 45.3 Å². The van der Waals surface area contributed by atoms with Crippen molar-refractivity contribution >= 4 is 35.1 Å². The molecule has 0 radical (unpaired) electrons. The number of hydrogen-bond acceptors (Lipinski definition) is 4. The molecule has 2 aliphatic heterocycles. The van der Waals surface area contributed by atoms with Gasteiger partial charge in [-0.25, -0.2) is 0 Å². The van der Waals surface area contributed by atoms with Crippen LogP contribution in [0.5, 0.6) is 5.75 Å². The third-order valence-electron chi connectivity index (χ3n) is 5.81. The Morgan fingerprint density at radius 3 is 2.79 bits per heavy atom. The number of aromatic nitrogens is 1. The maximum absolute atomic E-state index is 12.3. The van der Waals surface area contributed by atoms with E-state index in [4.69, 9.17) is 4.74 Å². The highest BCUT2D eigenvalue weighted by Gasteiger charge is 2.21. The molecule has 0 saturated carbocycles. The van der Waals surface area contributed by atoms with E-state index < -0.39 is 0 Å². The summed E-state index contributed by atoms with van der Waals surface area (Å²) in [6.45, 7) is 8.05. The first-order valence-corrected chi connectivity index (χ1v) is 11.4. The molecule has 1 saturated heterocycles. The number of ether oxygens (including phenoxy) is 1. The molecule has 4 nitrogen and oxygen atoms in total. The smallest absolute Gasteiger partial charge is 0.252 e. The van der Waals surface area contributed by atoms with E-state index in [9.17, 15) is 4.79 Å². The third-order valence-corrected chi connectivity index (χ3v) is 6.79. The Labute approximate surface area is 177 Å². The van der Waals surface area contributed by atoms with Crippen molar-refractivity contribution in [3.8, 4) is 5.75 Å². The Morgan fingerprint density at radius 1 is 1.25 bits per heavy atom. The number of H-pyrrole nitrogens is 1. The summed E-state index contributed by atoms with van der Waals surface area (Å²) in [5.41, 5.74) is 3.18. The van der Waals surface area contributed by atoms with E-state index in [-0.39, 0.29) is 18.0 Å². The molecule has 1 aromatic heterocycles. The highest BCUT2D eigenvalue weighted by Crippen LogP contribution is 2.30. The Morgan fingerprint density at radius 2 is 2.04 bits per heavy atom. The van der Waals surface area contributed by atoms with Crippen molar-refractivity contribution in [2.45, 2.75) is 51.4 Å². The van der Waals surface area contributed by atoms with Crippen molar-refractivity contribution < 1.29 is 4.74 Å². The molecule has 6 heteroatoms. The first kappa shape index (κ1) is 21.5. The second-order valence-corrected chi connectivity index (χ2v) is 9.37. The number of hydrogen-bond donors (Lipinski definition) is 1. The minimum absolute atomic E-state index is 0. The van der Waals surface area contributed by atoms with Gasteiger partial charge in [0.25, 0.3) is 5.56 Å².